The number of carbonyl (C=O) groups excluding carboxylic acids is 1. The Balaban J connectivity index is 1.71. The number of aliphatic hydroxyl groups is 1. The van der Waals surface area contributed by atoms with Crippen LogP contribution in [0.4, 0.5) is 5.00 Å². The van der Waals surface area contributed by atoms with Crippen LogP contribution in [0.15, 0.2) is 30.3 Å². The lowest BCUT2D eigenvalue weighted by atomic mass is 9.88. The van der Waals surface area contributed by atoms with Gasteiger partial charge in [-0.2, -0.15) is 5.26 Å². The molecule has 0 fully saturated rings. The summed E-state index contributed by atoms with van der Waals surface area (Å²) in [6.07, 6.45) is 2.88. The van der Waals surface area contributed by atoms with Crippen molar-refractivity contribution in [3.8, 4) is 6.07 Å². The summed E-state index contributed by atoms with van der Waals surface area (Å²) < 4.78 is 0. The fraction of sp³-hybridized carbons (Fsp3) is 0.400. The number of rotatable bonds is 5. The molecule has 0 bridgehead atoms. The number of fused-ring (bicyclic) bond motifs is 1. The summed E-state index contributed by atoms with van der Waals surface area (Å²) in [5, 5.41) is 22.5. The number of hydrogen-bond acceptors (Lipinski definition) is 4. The standard InChI is InChI=1S/C20H22N2O2S/c1-13(15-5-3-2-4-6-15)9-19(24)22-20-17(11-21)16-8-7-14(12-23)10-18(16)25-20/h2-6,13-14,23H,7-10,12H2,1H3,(H,22,24). The summed E-state index contributed by atoms with van der Waals surface area (Å²) in [6, 6.07) is 12.2. The van der Waals surface area contributed by atoms with E-state index in [1.165, 1.54) is 11.3 Å². The Morgan fingerprint density at radius 1 is 1.44 bits per heavy atom. The van der Waals surface area contributed by atoms with Crippen LogP contribution in [0.25, 0.3) is 0 Å². The van der Waals surface area contributed by atoms with Gasteiger partial charge in [-0.25, -0.2) is 0 Å². The molecule has 4 nitrogen and oxygen atoms in total. The second-order valence-electron chi connectivity index (χ2n) is 6.68. The number of nitriles is 1. The molecule has 1 aromatic heterocycles. The van der Waals surface area contributed by atoms with Gasteiger partial charge >= 0.3 is 0 Å². The second-order valence-corrected chi connectivity index (χ2v) is 7.78. The van der Waals surface area contributed by atoms with Crippen LogP contribution in [-0.2, 0) is 17.6 Å². The molecule has 1 aliphatic carbocycles. The number of aliphatic hydroxyl groups excluding tert-OH is 1. The van der Waals surface area contributed by atoms with Gasteiger partial charge in [0.2, 0.25) is 5.91 Å². The predicted octanol–water partition coefficient (Wildman–Crippen LogP) is 3.85. The van der Waals surface area contributed by atoms with Gasteiger partial charge in [-0.05, 0) is 42.2 Å². The fourth-order valence-electron chi connectivity index (χ4n) is 3.37. The Labute approximate surface area is 152 Å². The molecule has 0 spiro atoms. The average Bonchev–Trinajstić information content (AvgIpc) is 2.97. The van der Waals surface area contributed by atoms with Crippen LogP contribution in [0.3, 0.4) is 0 Å². The Bertz CT molecular complexity index is 792. The molecular weight excluding hydrogens is 332 g/mol. The van der Waals surface area contributed by atoms with Crippen molar-refractivity contribution in [2.24, 2.45) is 5.92 Å². The number of anilines is 1. The number of nitrogens with zero attached hydrogens (tertiary/aromatic N) is 1. The van der Waals surface area contributed by atoms with Crippen LogP contribution in [-0.4, -0.2) is 17.6 Å². The Morgan fingerprint density at radius 2 is 2.20 bits per heavy atom. The molecular formula is C20H22N2O2S. The van der Waals surface area contributed by atoms with E-state index < -0.39 is 0 Å². The van der Waals surface area contributed by atoms with E-state index in [4.69, 9.17) is 0 Å². The van der Waals surface area contributed by atoms with Crippen LogP contribution < -0.4 is 5.32 Å². The van der Waals surface area contributed by atoms with E-state index in [1.807, 2.05) is 37.3 Å². The average molecular weight is 354 g/mol. The maximum Gasteiger partial charge on any atom is 0.225 e. The zero-order chi connectivity index (χ0) is 17.8. The van der Waals surface area contributed by atoms with Crippen LogP contribution in [0.1, 0.15) is 47.3 Å². The van der Waals surface area contributed by atoms with Gasteiger partial charge in [-0.1, -0.05) is 37.3 Å². The highest BCUT2D eigenvalue weighted by Crippen LogP contribution is 2.39. The van der Waals surface area contributed by atoms with Crippen LogP contribution in [0.2, 0.25) is 0 Å². The third kappa shape index (κ3) is 3.92. The van der Waals surface area contributed by atoms with Crippen LogP contribution >= 0.6 is 11.3 Å². The molecule has 2 unspecified atom stereocenters. The first-order chi connectivity index (χ1) is 12.1. The van der Waals surface area contributed by atoms with Gasteiger partial charge in [0.05, 0.1) is 5.56 Å². The largest absolute Gasteiger partial charge is 0.396 e. The first-order valence-corrected chi connectivity index (χ1v) is 9.44. The van der Waals surface area contributed by atoms with E-state index in [9.17, 15) is 15.2 Å². The summed E-state index contributed by atoms with van der Waals surface area (Å²) in [5.41, 5.74) is 2.80. The normalized spacial score (nSPS) is 17.4. The molecule has 25 heavy (non-hydrogen) atoms. The SMILES string of the molecule is CC(CC(=O)Nc1sc2c(c1C#N)CCC(CO)C2)c1ccccc1. The quantitative estimate of drug-likeness (QED) is 0.856. The van der Waals surface area contributed by atoms with E-state index in [2.05, 4.69) is 11.4 Å². The Morgan fingerprint density at radius 3 is 2.88 bits per heavy atom. The molecule has 2 atom stereocenters. The van der Waals surface area contributed by atoms with Crippen LogP contribution in [0, 0.1) is 17.2 Å². The lowest BCUT2D eigenvalue weighted by molar-refractivity contribution is -0.116. The third-order valence-corrected chi connectivity index (χ3v) is 6.02. The molecule has 2 aromatic rings. The zero-order valence-corrected chi connectivity index (χ0v) is 15.1. The number of carbonyl (C=O) groups is 1. The van der Waals surface area contributed by atoms with Crippen molar-refractivity contribution in [2.45, 2.75) is 38.5 Å². The third-order valence-electron chi connectivity index (χ3n) is 4.85. The van der Waals surface area contributed by atoms with E-state index in [1.54, 1.807) is 0 Å². The molecule has 0 saturated heterocycles. The zero-order valence-electron chi connectivity index (χ0n) is 14.3. The Hall–Kier alpha value is -2.16. The van der Waals surface area contributed by atoms with Gasteiger partial charge in [0.15, 0.2) is 0 Å². The maximum atomic E-state index is 12.4. The van der Waals surface area contributed by atoms with Crippen molar-refractivity contribution in [3.63, 3.8) is 0 Å². The van der Waals surface area contributed by atoms with E-state index in [0.717, 1.165) is 35.3 Å². The predicted molar refractivity (Wildman–Crippen MR) is 99.7 cm³/mol. The van der Waals surface area contributed by atoms with Crippen molar-refractivity contribution in [1.82, 2.24) is 0 Å². The molecule has 1 amide bonds. The molecule has 0 aliphatic heterocycles. The Kier molecular flexibility index (Phi) is 5.52. The minimum absolute atomic E-state index is 0.0647. The summed E-state index contributed by atoms with van der Waals surface area (Å²) in [7, 11) is 0. The molecule has 1 aliphatic rings. The van der Waals surface area contributed by atoms with Gasteiger partial charge in [0, 0.05) is 17.9 Å². The molecule has 0 saturated carbocycles. The lowest BCUT2D eigenvalue weighted by Crippen LogP contribution is -2.16. The summed E-state index contributed by atoms with van der Waals surface area (Å²) in [4.78, 5) is 13.6. The highest BCUT2D eigenvalue weighted by Gasteiger charge is 2.26. The van der Waals surface area contributed by atoms with E-state index in [0.29, 0.717) is 17.0 Å². The van der Waals surface area contributed by atoms with Gasteiger partial charge in [0.25, 0.3) is 0 Å². The van der Waals surface area contributed by atoms with Crippen molar-refractivity contribution in [2.75, 3.05) is 11.9 Å². The first-order valence-electron chi connectivity index (χ1n) is 8.62. The van der Waals surface area contributed by atoms with E-state index >= 15 is 0 Å². The monoisotopic (exact) mass is 354 g/mol. The minimum atomic E-state index is -0.0647. The van der Waals surface area contributed by atoms with Crippen molar-refractivity contribution in [1.29, 1.82) is 5.26 Å². The molecule has 1 heterocycles. The number of amides is 1. The topological polar surface area (TPSA) is 73.1 Å². The molecule has 130 valence electrons. The van der Waals surface area contributed by atoms with E-state index in [-0.39, 0.29) is 24.3 Å². The summed E-state index contributed by atoms with van der Waals surface area (Å²) in [5.74, 6) is 0.324. The van der Waals surface area contributed by atoms with Crippen LogP contribution in [0.5, 0.6) is 0 Å². The molecule has 3 rings (SSSR count). The van der Waals surface area contributed by atoms with Crippen molar-refractivity contribution >= 4 is 22.2 Å². The van der Waals surface area contributed by atoms with Crippen molar-refractivity contribution in [3.05, 3.63) is 51.9 Å². The smallest absolute Gasteiger partial charge is 0.225 e. The summed E-state index contributed by atoms with van der Waals surface area (Å²) >= 11 is 1.49. The molecule has 2 N–H and O–H groups in total. The van der Waals surface area contributed by atoms with Crippen molar-refractivity contribution < 1.29 is 9.90 Å². The van der Waals surface area contributed by atoms with Gasteiger partial charge < -0.3 is 10.4 Å². The summed E-state index contributed by atoms with van der Waals surface area (Å²) in [6.45, 7) is 2.21. The fourth-order valence-corrected chi connectivity index (χ4v) is 4.70. The highest BCUT2D eigenvalue weighted by molar-refractivity contribution is 7.16. The van der Waals surface area contributed by atoms with Gasteiger partial charge in [-0.3, -0.25) is 4.79 Å². The number of benzene rings is 1. The van der Waals surface area contributed by atoms with Gasteiger partial charge in [0.1, 0.15) is 11.1 Å². The highest BCUT2D eigenvalue weighted by atomic mass is 32.1. The molecule has 1 aromatic carbocycles. The number of nitrogens with one attached hydrogen (secondary N) is 1. The maximum absolute atomic E-state index is 12.4. The lowest BCUT2D eigenvalue weighted by Gasteiger charge is -2.19. The first kappa shape index (κ1) is 17.7. The van der Waals surface area contributed by atoms with Gasteiger partial charge in [-0.15, -0.1) is 11.3 Å². The number of thiophene rings is 1. The minimum Gasteiger partial charge on any atom is -0.396 e. The molecule has 0 radical (unpaired) electrons. The second kappa shape index (κ2) is 7.81. The molecule has 5 heteroatoms. The number of hydrogen-bond donors (Lipinski definition) is 2.